The summed E-state index contributed by atoms with van der Waals surface area (Å²) in [7, 11) is 0. The van der Waals surface area contributed by atoms with Gasteiger partial charge >= 0.3 is 0 Å². The molecule has 0 aromatic heterocycles. The van der Waals surface area contributed by atoms with Gasteiger partial charge in [0.25, 0.3) is 0 Å². The molecule has 1 aromatic rings. The SMILES string of the molecule is C=CCNC(N)=NCc1ccccc1N1CCOCC1.I. The Morgan fingerprint density at radius 2 is 2.10 bits per heavy atom. The molecule has 0 radical (unpaired) electrons. The van der Waals surface area contributed by atoms with Gasteiger partial charge in [0, 0.05) is 25.3 Å². The maximum atomic E-state index is 5.79. The fourth-order valence-electron chi connectivity index (χ4n) is 2.16. The highest BCUT2D eigenvalue weighted by atomic mass is 127. The van der Waals surface area contributed by atoms with Crippen LogP contribution in [-0.2, 0) is 11.3 Å². The summed E-state index contributed by atoms with van der Waals surface area (Å²) in [5.41, 5.74) is 8.19. The first-order chi connectivity index (χ1) is 9.81. The standard InChI is InChI=1S/C15H22N4O.HI/c1-2-7-17-15(16)18-12-13-5-3-4-6-14(13)19-8-10-20-11-9-19;/h2-6H,1,7-12H2,(H3,16,17,18);1H. The highest BCUT2D eigenvalue weighted by molar-refractivity contribution is 14.0. The number of nitrogens with one attached hydrogen (secondary N) is 1. The molecule has 116 valence electrons. The summed E-state index contributed by atoms with van der Waals surface area (Å²) in [6.07, 6.45) is 1.75. The molecule has 5 nitrogen and oxygen atoms in total. The van der Waals surface area contributed by atoms with E-state index in [4.69, 9.17) is 10.5 Å². The molecular formula is C15H23IN4O. The Morgan fingerprint density at radius 3 is 2.81 bits per heavy atom. The largest absolute Gasteiger partial charge is 0.378 e. The number of halogens is 1. The molecule has 2 rings (SSSR count). The second-order valence-corrected chi connectivity index (χ2v) is 4.60. The molecule has 0 aliphatic carbocycles. The number of guanidine groups is 1. The first-order valence-corrected chi connectivity index (χ1v) is 6.86. The zero-order valence-corrected chi connectivity index (χ0v) is 14.5. The van der Waals surface area contributed by atoms with Gasteiger partial charge in [0.15, 0.2) is 5.96 Å². The van der Waals surface area contributed by atoms with Crippen LogP contribution in [0.5, 0.6) is 0 Å². The van der Waals surface area contributed by atoms with Crippen LogP contribution < -0.4 is 16.0 Å². The van der Waals surface area contributed by atoms with Gasteiger partial charge in [0.05, 0.1) is 19.8 Å². The first kappa shape index (κ1) is 17.8. The lowest BCUT2D eigenvalue weighted by atomic mass is 10.1. The van der Waals surface area contributed by atoms with Crippen LogP contribution in [0.2, 0.25) is 0 Å². The predicted molar refractivity (Wildman–Crippen MR) is 98.4 cm³/mol. The van der Waals surface area contributed by atoms with E-state index in [9.17, 15) is 0 Å². The number of para-hydroxylation sites is 1. The van der Waals surface area contributed by atoms with Crippen LogP contribution in [-0.4, -0.2) is 38.8 Å². The zero-order valence-electron chi connectivity index (χ0n) is 12.1. The van der Waals surface area contributed by atoms with Crippen molar-refractivity contribution in [1.82, 2.24) is 5.32 Å². The van der Waals surface area contributed by atoms with Crippen LogP contribution in [0.3, 0.4) is 0 Å². The van der Waals surface area contributed by atoms with Crippen molar-refractivity contribution in [2.24, 2.45) is 10.7 Å². The average molecular weight is 402 g/mol. The molecule has 0 amide bonds. The summed E-state index contributed by atoms with van der Waals surface area (Å²) >= 11 is 0. The molecule has 1 aliphatic rings. The quantitative estimate of drug-likeness (QED) is 0.341. The van der Waals surface area contributed by atoms with Gasteiger partial charge in [0.1, 0.15) is 0 Å². The molecule has 21 heavy (non-hydrogen) atoms. The number of hydrogen-bond donors (Lipinski definition) is 2. The number of aliphatic imine (C=N–C) groups is 1. The van der Waals surface area contributed by atoms with Crippen molar-refractivity contribution in [3.8, 4) is 0 Å². The van der Waals surface area contributed by atoms with Gasteiger partial charge in [-0.2, -0.15) is 0 Å². The van der Waals surface area contributed by atoms with Crippen LogP contribution in [0.1, 0.15) is 5.56 Å². The second-order valence-electron chi connectivity index (χ2n) is 4.60. The molecule has 0 unspecified atom stereocenters. The van der Waals surface area contributed by atoms with Crippen molar-refractivity contribution in [1.29, 1.82) is 0 Å². The Kier molecular flexibility index (Phi) is 8.14. The van der Waals surface area contributed by atoms with Gasteiger partial charge in [-0.1, -0.05) is 24.3 Å². The Hall–Kier alpha value is -1.28. The van der Waals surface area contributed by atoms with Crippen LogP contribution in [0.15, 0.2) is 41.9 Å². The summed E-state index contributed by atoms with van der Waals surface area (Å²) in [6.45, 7) is 8.23. The van der Waals surface area contributed by atoms with Crippen molar-refractivity contribution < 1.29 is 4.74 Å². The average Bonchev–Trinajstić information content (AvgIpc) is 2.52. The first-order valence-electron chi connectivity index (χ1n) is 6.86. The van der Waals surface area contributed by atoms with E-state index in [-0.39, 0.29) is 24.0 Å². The monoisotopic (exact) mass is 402 g/mol. The van der Waals surface area contributed by atoms with Crippen LogP contribution in [0.4, 0.5) is 5.69 Å². The summed E-state index contributed by atoms with van der Waals surface area (Å²) in [5, 5.41) is 2.98. The highest BCUT2D eigenvalue weighted by Crippen LogP contribution is 2.22. The van der Waals surface area contributed by atoms with Crippen molar-refractivity contribution in [2.45, 2.75) is 6.54 Å². The Morgan fingerprint density at radius 1 is 1.38 bits per heavy atom. The van der Waals surface area contributed by atoms with Crippen molar-refractivity contribution in [2.75, 3.05) is 37.7 Å². The van der Waals surface area contributed by atoms with Crippen LogP contribution in [0.25, 0.3) is 0 Å². The van der Waals surface area contributed by atoms with E-state index in [0.717, 1.165) is 26.3 Å². The number of morpholine rings is 1. The molecule has 1 fully saturated rings. The van der Waals surface area contributed by atoms with E-state index in [1.807, 2.05) is 6.07 Å². The third-order valence-corrected chi connectivity index (χ3v) is 3.19. The maximum absolute atomic E-state index is 5.79. The summed E-state index contributed by atoms with van der Waals surface area (Å²) in [6, 6.07) is 8.30. The molecule has 0 atom stereocenters. The molecule has 0 spiro atoms. The van der Waals surface area contributed by atoms with Crippen LogP contribution in [0, 0.1) is 0 Å². The number of benzene rings is 1. The van der Waals surface area contributed by atoms with Crippen LogP contribution >= 0.6 is 24.0 Å². The molecule has 0 bridgehead atoms. The van der Waals surface area contributed by atoms with Crippen molar-refractivity contribution in [3.05, 3.63) is 42.5 Å². The number of nitrogens with two attached hydrogens (primary N) is 1. The Balaban J connectivity index is 0.00000220. The predicted octanol–water partition coefficient (Wildman–Crippen LogP) is 1.73. The lowest BCUT2D eigenvalue weighted by Gasteiger charge is -2.30. The lowest BCUT2D eigenvalue weighted by Crippen LogP contribution is -2.36. The van der Waals surface area contributed by atoms with E-state index < -0.39 is 0 Å². The summed E-state index contributed by atoms with van der Waals surface area (Å²) in [4.78, 5) is 6.70. The highest BCUT2D eigenvalue weighted by Gasteiger charge is 2.13. The Bertz CT molecular complexity index is 472. The van der Waals surface area contributed by atoms with Gasteiger partial charge in [-0.3, -0.25) is 0 Å². The molecule has 3 N–H and O–H groups in total. The van der Waals surface area contributed by atoms with Gasteiger partial charge in [-0.05, 0) is 11.6 Å². The summed E-state index contributed by atoms with van der Waals surface area (Å²) in [5.74, 6) is 0.446. The molecule has 0 saturated carbocycles. The number of anilines is 1. The third kappa shape index (κ3) is 5.55. The van der Waals surface area contributed by atoms with Gasteiger partial charge in [-0.25, -0.2) is 4.99 Å². The summed E-state index contributed by atoms with van der Waals surface area (Å²) < 4.78 is 5.39. The van der Waals surface area contributed by atoms with E-state index in [1.165, 1.54) is 11.3 Å². The molecule has 1 heterocycles. The molecule has 1 aromatic carbocycles. The molecule has 6 heteroatoms. The minimum Gasteiger partial charge on any atom is -0.378 e. The normalized spacial score (nSPS) is 15.2. The fraction of sp³-hybridized carbons (Fsp3) is 0.400. The molecule has 1 aliphatic heterocycles. The van der Waals surface area contributed by atoms with E-state index in [0.29, 0.717) is 19.0 Å². The van der Waals surface area contributed by atoms with E-state index >= 15 is 0 Å². The third-order valence-electron chi connectivity index (χ3n) is 3.19. The van der Waals surface area contributed by atoms with Gasteiger partial charge in [-0.15, -0.1) is 30.6 Å². The lowest BCUT2D eigenvalue weighted by molar-refractivity contribution is 0.122. The maximum Gasteiger partial charge on any atom is 0.189 e. The fourth-order valence-corrected chi connectivity index (χ4v) is 2.16. The topological polar surface area (TPSA) is 62.9 Å². The van der Waals surface area contributed by atoms with Crippen molar-refractivity contribution >= 4 is 35.6 Å². The second kappa shape index (κ2) is 9.62. The number of nitrogens with zero attached hydrogens (tertiary/aromatic N) is 2. The Labute approximate surface area is 143 Å². The molecular weight excluding hydrogens is 379 g/mol. The van der Waals surface area contributed by atoms with Crippen molar-refractivity contribution in [3.63, 3.8) is 0 Å². The minimum atomic E-state index is 0. The van der Waals surface area contributed by atoms with E-state index in [2.05, 4.69) is 40.0 Å². The van der Waals surface area contributed by atoms with Gasteiger partial charge < -0.3 is 20.7 Å². The van der Waals surface area contributed by atoms with E-state index in [1.54, 1.807) is 6.08 Å². The zero-order chi connectivity index (χ0) is 14.2. The van der Waals surface area contributed by atoms with Gasteiger partial charge in [0.2, 0.25) is 0 Å². The minimum absolute atomic E-state index is 0. The number of ether oxygens (including phenoxy) is 1. The smallest absolute Gasteiger partial charge is 0.189 e. The number of hydrogen-bond acceptors (Lipinski definition) is 3. The molecule has 1 saturated heterocycles. The number of rotatable bonds is 5.